The lowest BCUT2D eigenvalue weighted by molar-refractivity contribution is -0.137. The van der Waals surface area contributed by atoms with Crippen LogP contribution in [0, 0.1) is 0 Å². The second kappa shape index (κ2) is 7.52. The molecule has 1 aromatic heterocycles. The van der Waals surface area contributed by atoms with Gasteiger partial charge in [0.25, 0.3) is 0 Å². The van der Waals surface area contributed by atoms with E-state index in [1.54, 1.807) is 6.07 Å². The van der Waals surface area contributed by atoms with Gasteiger partial charge in [-0.3, -0.25) is 0 Å². The minimum atomic E-state index is -4.38. The van der Waals surface area contributed by atoms with Gasteiger partial charge in [0, 0.05) is 5.75 Å². The lowest BCUT2D eigenvalue weighted by Crippen LogP contribution is -2.05. The maximum Gasteiger partial charge on any atom is 0.416 e. The molecule has 2 aromatic carbocycles. The molecule has 4 nitrogen and oxygen atoms in total. The molecule has 0 atom stereocenters. The van der Waals surface area contributed by atoms with Gasteiger partial charge in [-0.15, -0.1) is 10.2 Å². The van der Waals surface area contributed by atoms with E-state index < -0.39 is 11.7 Å². The van der Waals surface area contributed by atoms with Crippen molar-refractivity contribution >= 4 is 18.0 Å². The zero-order valence-electron chi connectivity index (χ0n) is 12.9. The van der Waals surface area contributed by atoms with Crippen molar-refractivity contribution in [3.63, 3.8) is 0 Å². The Labute approximate surface area is 146 Å². The number of halogens is 3. The predicted molar refractivity (Wildman–Crippen MR) is 90.5 cm³/mol. The Morgan fingerprint density at radius 2 is 1.88 bits per heavy atom. The molecule has 3 rings (SSSR count). The Hall–Kier alpha value is -2.61. The van der Waals surface area contributed by atoms with Crippen LogP contribution in [-0.4, -0.2) is 21.1 Å². The Morgan fingerprint density at radius 1 is 1.08 bits per heavy atom. The summed E-state index contributed by atoms with van der Waals surface area (Å²) in [5.41, 5.74) is 0.769. The summed E-state index contributed by atoms with van der Waals surface area (Å²) in [6.07, 6.45) is -1.61. The van der Waals surface area contributed by atoms with E-state index in [2.05, 4.69) is 15.3 Å². The highest BCUT2D eigenvalue weighted by molar-refractivity contribution is 7.98. The highest BCUT2D eigenvalue weighted by atomic mass is 32.2. The quantitative estimate of drug-likeness (QED) is 0.497. The topological polar surface area (TPSA) is 43.1 Å². The van der Waals surface area contributed by atoms with Crippen LogP contribution in [0.2, 0.25) is 0 Å². The normalized spacial score (nSPS) is 12.0. The van der Waals surface area contributed by atoms with Crippen LogP contribution < -0.4 is 0 Å². The molecule has 3 aromatic rings. The lowest BCUT2D eigenvalue weighted by Gasteiger charge is -2.06. The second-order valence-corrected chi connectivity index (χ2v) is 6.04. The first-order chi connectivity index (χ1) is 12.0. The van der Waals surface area contributed by atoms with Gasteiger partial charge in [0.1, 0.15) is 6.33 Å². The van der Waals surface area contributed by atoms with Crippen molar-refractivity contribution in [2.24, 2.45) is 5.10 Å². The first-order valence-electron chi connectivity index (χ1n) is 7.31. The van der Waals surface area contributed by atoms with Crippen molar-refractivity contribution in [3.05, 3.63) is 77.6 Å². The Kier molecular flexibility index (Phi) is 5.18. The highest BCUT2D eigenvalue weighted by Crippen LogP contribution is 2.29. The molecule has 0 aliphatic carbocycles. The van der Waals surface area contributed by atoms with Gasteiger partial charge >= 0.3 is 6.18 Å². The summed E-state index contributed by atoms with van der Waals surface area (Å²) in [6.45, 7) is 0. The van der Waals surface area contributed by atoms with Crippen molar-refractivity contribution in [3.8, 4) is 0 Å². The van der Waals surface area contributed by atoms with Crippen molar-refractivity contribution in [1.29, 1.82) is 0 Å². The number of hydrogen-bond acceptors (Lipinski definition) is 4. The average molecular weight is 362 g/mol. The van der Waals surface area contributed by atoms with Gasteiger partial charge in [0.15, 0.2) is 0 Å². The Morgan fingerprint density at radius 3 is 2.64 bits per heavy atom. The van der Waals surface area contributed by atoms with Gasteiger partial charge < -0.3 is 0 Å². The number of hydrogen-bond donors (Lipinski definition) is 0. The molecule has 0 N–H and O–H groups in total. The average Bonchev–Trinajstić information content (AvgIpc) is 3.06. The zero-order chi connectivity index (χ0) is 17.7. The molecule has 0 aliphatic rings. The SMILES string of the molecule is FC(F)(F)c1cccc(/C=N/n2cnnc2SCc2ccccc2)c1. The molecule has 0 radical (unpaired) electrons. The van der Waals surface area contributed by atoms with Gasteiger partial charge in [0.05, 0.1) is 11.8 Å². The molecule has 0 bridgehead atoms. The third kappa shape index (κ3) is 4.69. The molecule has 1 heterocycles. The lowest BCUT2D eigenvalue weighted by atomic mass is 10.1. The summed E-state index contributed by atoms with van der Waals surface area (Å²) in [5.74, 6) is 0.693. The Balaban J connectivity index is 1.72. The molecule has 8 heteroatoms. The summed E-state index contributed by atoms with van der Waals surface area (Å²) in [6, 6.07) is 14.8. The van der Waals surface area contributed by atoms with Crippen LogP contribution in [0.1, 0.15) is 16.7 Å². The summed E-state index contributed by atoms with van der Waals surface area (Å²) < 4.78 is 39.6. The van der Waals surface area contributed by atoms with Gasteiger partial charge in [-0.2, -0.15) is 22.9 Å². The van der Waals surface area contributed by atoms with Gasteiger partial charge in [-0.25, -0.2) is 0 Å². The third-order valence-electron chi connectivity index (χ3n) is 3.26. The minimum absolute atomic E-state index is 0.350. The number of rotatable bonds is 5. The maximum atomic E-state index is 12.7. The van der Waals surface area contributed by atoms with Crippen molar-refractivity contribution in [2.75, 3.05) is 0 Å². The Bertz CT molecular complexity index is 860. The van der Waals surface area contributed by atoms with Gasteiger partial charge in [-0.05, 0) is 23.3 Å². The van der Waals surface area contributed by atoms with Crippen LogP contribution in [0.15, 0.2) is 71.2 Å². The molecule has 0 saturated heterocycles. The molecule has 0 spiro atoms. The predicted octanol–water partition coefficient (Wildman–Crippen LogP) is 4.47. The molecular formula is C17H13F3N4S. The van der Waals surface area contributed by atoms with Crippen molar-refractivity contribution in [2.45, 2.75) is 17.1 Å². The molecule has 25 heavy (non-hydrogen) atoms. The maximum absolute atomic E-state index is 12.7. The summed E-state index contributed by atoms with van der Waals surface area (Å²) >= 11 is 1.44. The van der Waals surface area contributed by atoms with E-state index in [4.69, 9.17) is 0 Å². The standard InChI is InChI=1S/C17H13F3N4S/c18-17(19,20)15-8-4-7-14(9-15)10-22-24-12-21-23-16(24)25-11-13-5-2-1-3-6-13/h1-10,12H,11H2/b22-10+. The number of nitrogens with zero attached hydrogens (tertiary/aromatic N) is 4. The number of alkyl halides is 3. The fourth-order valence-electron chi connectivity index (χ4n) is 2.04. The van der Waals surface area contributed by atoms with E-state index in [0.717, 1.165) is 17.7 Å². The van der Waals surface area contributed by atoms with E-state index in [1.807, 2.05) is 30.3 Å². The fourth-order valence-corrected chi connectivity index (χ4v) is 2.86. The monoisotopic (exact) mass is 362 g/mol. The van der Waals surface area contributed by atoms with Crippen molar-refractivity contribution < 1.29 is 13.2 Å². The van der Waals surface area contributed by atoms with E-state index >= 15 is 0 Å². The van der Waals surface area contributed by atoms with Gasteiger partial charge in [0.2, 0.25) is 5.16 Å². The summed E-state index contributed by atoms with van der Waals surface area (Å²) in [5, 5.41) is 12.5. The minimum Gasteiger partial charge on any atom is -0.195 e. The number of thioether (sulfide) groups is 1. The molecular weight excluding hydrogens is 349 g/mol. The highest BCUT2D eigenvalue weighted by Gasteiger charge is 2.30. The first kappa shape index (κ1) is 17.2. The van der Waals surface area contributed by atoms with Gasteiger partial charge in [-0.1, -0.05) is 54.2 Å². The first-order valence-corrected chi connectivity index (χ1v) is 8.29. The number of aromatic nitrogens is 3. The largest absolute Gasteiger partial charge is 0.416 e. The molecule has 0 fully saturated rings. The van der Waals surface area contributed by atoms with Crippen LogP contribution in [0.4, 0.5) is 13.2 Å². The fraction of sp³-hybridized carbons (Fsp3) is 0.118. The van der Waals surface area contributed by atoms with E-state index in [0.29, 0.717) is 16.5 Å². The van der Waals surface area contributed by atoms with Crippen LogP contribution >= 0.6 is 11.8 Å². The molecule has 0 unspecified atom stereocenters. The molecule has 0 saturated carbocycles. The third-order valence-corrected chi connectivity index (χ3v) is 4.26. The zero-order valence-corrected chi connectivity index (χ0v) is 13.7. The van der Waals surface area contributed by atoms with E-state index in [9.17, 15) is 13.2 Å². The summed E-state index contributed by atoms with van der Waals surface area (Å²) in [7, 11) is 0. The van der Waals surface area contributed by atoms with Crippen LogP contribution in [0.5, 0.6) is 0 Å². The summed E-state index contributed by atoms with van der Waals surface area (Å²) in [4.78, 5) is 0. The number of benzene rings is 2. The smallest absolute Gasteiger partial charge is 0.195 e. The molecule has 128 valence electrons. The van der Waals surface area contributed by atoms with E-state index in [1.165, 1.54) is 35.0 Å². The van der Waals surface area contributed by atoms with Crippen LogP contribution in [-0.2, 0) is 11.9 Å². The second-order valence-electron chi connectivity index (χ2n) is 5.10. The van der Waals surface area contributed by atoms with Crippen molar-refractivity contribution in [1.82, 2.24) is 14.9 Å². The van der Waals surface area contributed by atoms with E-state index in [-0.39, 0.29) is 0 Å². The molecule has 0 aliphatic heterocycles. The molecule has 0 amide bonds. The van der Waals surface area contributed by atoms with Crippen LogP contribution in [0.3, 0.4) is 0 Å². The van der Waals surface area contributed by atoms with Crippen LogP contribution in [0.25, 0.3) is 0 Å².